The van der Waals surface area contributed by atoms with Crippen LogP contribution in [-0.2, 0) is 28.4 Å². The second-order valence-electron chi connectivity index (χ2n) is 13.9. The molecule has 2 aromatic carbocycles. The van der Waals surface area contributed by atoms with Crippen molar-refractivity contribution in [2.75, 3.05) is 44.6 Å². The maximum atomic E-state index is 13.3. The Morgan fingerprint density at radius 2 is 1.35 bits per heavy atom. The number of rotatable bonds is 7. The number of benzene rings is 2. The van der Waals surface area contributed by atoms with E-state index in [9.17, 15) is 35.9 Å². The van der Waals surface area contributed by atoms with Gasteiger partial charge >= 0.3 is 18.4 Å². The number of anilines is 1. The molecule has 6 rings (SSSR count). The molecule has 2 amide bonds. The quantitative estimate of drug-likeness (QED) is 0.309. The van der Waals surface area contributed by atoms with E-state index in [1.807, 2.05) is 9.80 Å². The predicted octanol–water partition coefficient (Wildman–Crippen LogP) is 7.42. The highest BCUT2D eigenvalue weighted by atomic mass is 19.4. The van der Waals surface area contributed by atoms with E-state index in [0.29, 0.717) is 70.3 Å². The molecule has 4 aliphatic rings. The summed E-state index contributed by atoms with van der Waals surface area (Å²) in [6, 6.07) is 10.4. The number of ether oxygens (including phenoxy) is 1. The van der Waals surface area contributed by atoms with Gasteiger partial charge in [-0.3, -0.25) is 9.69 Å². The Morgan fingerprint density at radius 1 is 0.792 bits per heavy atom. The highest BCUT2D eigenvalue weighted by Gasteiger charge is 2.47. The summed E-state index contributed by atoms with van der Waals surface area (Å²) in [4.78, 5) is 32.1. The summed E-state index contributed by atoms with van der Waals surface area (Å²) < 4.78 is 83.1. The topological polar surface area (TPSA) is 65.1 Å². The molecule has 1 spiro atoms. The Balaban J connectivity index is 0.897. The van der Waals surface area contributed by atoms with E-state index in [0.717, 1.165) is 68.4 Å². The molecule has 0 radical (unpaired) electrons. The van der Waals surface area contributed by atoms with Crippen LogP contribution in [0.1, 0.15) is 68.1 Å². The lowest BCUT2D eigenvalue weighted by molar-refractivity contribution is -0.138. The number of carbonyl (C=O) groups is 2. The second kappa shape index (κ2) is 13.8. The van der Waals surface area contributed by atoms with Gasteiger partial charge in [0, 0.05) is 69.8 Å². The summed E-state index contributed by atoms with van der Waals surface area (Å²) in [6.45, 7) is 4.30. The van der Waals surface area contributed by atoms with Gasteiger partial charge < -0.3 is 19.9 Å². The third-order valence-corrected chi connectivity index (χ3v) is 10.6. The number of alkyl halides is 6. The lowest BCUT2D eigenvalue weighted by atomic mass is 9.80. The van der Waals surface area contributed by atoms with Gasteiger partial charge in [-0.25, -0.2) is 4.79 Å². The summed E-state index contributed by atoms with van der Waals surface area (Å²) in [5, 5.41) is 3.30. The summed E-state index contributed by atoms with van der Waals surface area (Å²) in [5.74, 6) is 0.436. The SMILES string of the molecule is O=C1OC2(CCN(Cc3ccc(C(F)(F)F)cc3)CC2)CN1CC1CCC(C(=O)N2CCC(Nc3ccc(C(F)(F)F)cc3)CC2)CC1. The number of piperidine rings is 2. The van der Waals surface area contributed by atoms with Crippen molar-refractivity contribution in [3.8, 4) is 0 Å². The van der Waals surface area contributed by atoms with E-state index in [1.54, 1.807) is 0 Å². The Kier molecular flexibility index (Phi) is 9.88. The number of nitrogens with one attached hydrogen (secondary N) is 1. The van der Waals surface area contributed by atoms with Gasteiger partial charge in [-0.05, 0) is 86.4 Å². The predicted molar refractivity (Wildman–Crippen MR) is 167 cm³/mol. The normalized spacial score (nSPS) is 24.2. The van der Waals surface area contributed by atoms with Crippen LogP contribution >= 0.6 is 0 Å². The molecule has 262 valence electrons. The van der Waals surface area contributed by atoms with Gasteiger partial charge in [0.1, 0.15) is 5.60 Å². The monoisotopic (exact) mass is 680 g/mol. The van der Waals surface area contributed by atoms with Crippen LogP contribution in [0.3, 0.4) is 0 Å². The molecule has 2 aromatic rings. The first-order chi connectivity index (χ1) is 22.8. The first-order valence-corrected chi connectivity index (χ1v) is 16.9. The first-order valence-electron chi connectivity index (χ1n) is 16.9. The summed E-state index contributed by atoms with van der Waals surface area (Å²) in [7, 11) is 0. The van der Waals surface area contributed by atoms with E-state index < -0.39 is 29.1 Å². The van der Waals surface area contributed by atoms with Gasteiger partial charge in [-0.2, -0.15) is 26.3 Å². The molecule has 7 nitrogen and oxygen atoms in total. The number of carbonyl (C=O) groups excluding carboxylic acids is 2. The maximum absolute atomic E-state index is 13.3. The summed E-state index contributed by atoms with van der Waals surface area (Å²) in [5.41, 5.74) is -0.413. The Bertz CT molecular complexity index is 1410. The van der Waals surface area contributed by atoms with Gasteiger partial charge in [0.25, 0.3) is 0 Å². The molecule has 1 N–H and O–H groups in total. The highest BCUT2D eigenvalue weighted by molar-refractivity contribution is 5.79. The average molecular weight is 681 g/mol. The molecule has 0 aromatic heterocycles. The minimum Gasteiger partial charge on any atom is -0.441 e. The molecular formula is C35H42F6N4O3. The fourth-order valence-corrected chi connectivity index (χ4v) is 7.67. The van der Waals surface area contributed by atoms with Crippen LogP contribution in [-0.4, -0.2) is 77.6 Å². The lowest BCUT2D eigenvalue weighted by Crippen LogP contribution is -2.47. The minimum atomic E-state index is -4.36. The number of likely N-dealkylation sites (tertiary alicyclic amines) is 2. The number of halogens is 6. The van der Waals surface area contributed by atoms with Gasteiger partial charge in [-0.1, -0.05) is 12.1 Å². The van der Waals surface area contributed by atoms with Gasteiger partial charge in [-0.15, -0.1) is 0 Å². The van der Waals surface area contributed by atoms with Crippen LogP contribution in [0.4, 0.5) is 36.8 Å². The van der Waals surface area contributed by atoms with Gasteiger partial charge in [0.15, 0.2) is 0 Å². The zero-order chi connectivity index (χ0) is 34.1. The smallest absolute Gasteiger partial charge is 0.416 e. The Labute approximate surface area is 276 Å². The standard InChI is InChI=1S/C35H42F6N4O3/c36-34(37,38)27-7-3-24(4-8-27)21-43-19-15-33(16-20-43)23-45(32(47)48-33)22-25-1-5-26(6-2-25)31(46)44-17-13-30(14-18-44)42-29-11-9-28(10-12-29)35(39,40)41/h3-4,7-12,25-26,30,42H,1-2,5-6,13-23H2. The van der Waals surface area contributed by atoms with Gasteiger partial charge in [0.05, 0.1) is 17.7 Å². The number of hydrogen-bond acceptors (Lipinski definition) is 5. The summed E-state index contributed by atoms with van der Waals surface area (Å²) >= 11 is 0. The summed E-state index contributed by atoms with van der Waals surface area (Å²) in [6.07, 6.45) is -2.92. The average Bonchev–Trinajstić information content (AvgIpc) is 3.36. The van der Waals surface area contributed by atoms with E-state index in [4.69, 9.17) is 4.74 Å². The Morgan fingerprint density at radius 3 is 1.92 bits per heavy atom. The van der Waals surface area contributed by atoms with Crippen molar-refractivity contribution in [3.63, 3.8) is 0 Å². The molecule has 0 atom stereocenters. The molecule has 4 fully saturated rings. The molecule has 0 bridgehead atoms. The highest BCUT2D eigenvalue weighted by Crippen LogP contribution is 2.37. The molecule has 1 saturated carbocycles. The molecule has 48 heavy (non-hydrogen) atoms. The first kappa shape index (κ1) is 34.4. The van der Waals surface area contributed by atoms with E-state index in [2.05, 4.69) is 10.2 Å². The van der Waals surface area contributed by atoms with Gasteiger partial charge in [0.2, 0.25) is 5.91 Å². The number of amides is 2. The largest absolute Gasteiger partial charge is 0.441 e. The van der Waals surface area contributed by atoms with E-state index >= 15 is 0 Å². The molecular weight excluding hydrogens is 638 g/mol. The van der Waals surface area contributed by atoms with Crippen LogP contribution in [0.15, 0.2) is 48.5 Å². The van der Waals surface area contributed by atoms with Crippen molar-refractivity contribution in [2.45, 2.75) is 81.9 Å². The second-order valence-corrected chi connectivity index (χ2v) is 13.9. The number of hydrogen-bond donors (Lipinski definition) is 1. The van der Waals surface area contributed by atoms with Crippen molar-refractivity contribution in [1.82, 2.24) is 14.7 Å². The maximum Gasteiger partial charge on any atom is 0.416 e. The molecule has 13 heteroatoms. The molecule has 3 saturated heterocycles. The zero-order valence-corrected chi connectivity index (χ0v) is 26.8. The molecule has 3 heterocycles. The molecule has 0 unspecified atom stereocenters. The van der Waals surface area contributed by atoms with Crippen molar-refractivity contribution >= 4 is 17.7 Å². The number of nitrogens with zero attached hydrogens (tertiary/aromatic N) is 3. The van der Waals surface area contributed by atoms with Crippen LogP contribution in [0.2, 0.25) is 0 Å². The molecule has 3 aliphatic heterocycles. The van der Waals surface area contributed by atoms with Crippen molar-refractivity contribution in [1.29, 1.82) is 0 Å². The van der Waals surface area contributed by atoms with Crippen molar-refractivity contribution < 1.29 is 40.7 Å². The van der Waals surface area contributed by atoms with Crippen LogP contribution < -0.4 is 5.32 Å². The zero-order valence-electron chi connectivity index (χ0n) is 26.8. The Hall–Kier alpha value is -3.48. The third-order valence-electron chi connectivity index (χ3n) is 10.6. The fraction of sp³-hybridized carbons (Fsp3) is 0.600. The minimum absolute atomic E-state index is 0.0356. The van der Waals surface area contributed by atoms with Crippen molar-refractivity contribution in [3.05, 3.63) is 65.2 Å². The van der Waals surface area contributed by atoms with Crippen molar-refractivity contribution in [2.24, 2.45) is 11.8 Å². The molecule has 1 aliphatic carbocycles. The third kappa shape index (κ3) is 8.20. The van der Waals surface area contributed by atoms with E-state index in [-0.39, 0.29) is 24.0 Å². The van der Waals surface area contributed by atoms with Crippen LogP contribution in [0, 0.1) is 11.8 Å². The lowest BCUT2D eigenvalue weighted by Gasteiger charge is -2.38. The fourth-order valence-electron chi connectivity index (χ4n) is 7.67. The van der Waals surface area contributed by atoms with Crippen LogP contribution in [0.25, 0.3) is 0 Å². The van der Waals surface area contributed by atoms with Crippen LogP contribution in [0.5, 0.6) is 0 Å². The van der Waals surface area contributed by atoms with E-state index in [1.165, 1.54) is 24.3 Å².